The van der Waals surface area contributed by atoms with Gasteiger partial charge in [-0.1, -0.05) is 18.2 Å². The first-order valence-electron chi connectivity index (χ1n) is 11.9. The molecule has 0 bridgehead atoms. The van der Waals surface area contributed by atoms with Crippen molar-refractivity contribution in [2.24, 2.45) is 0 Å². The fourth-order valence-corrected chi connectivity index (χ4v) is 5.16. The number of carbonyl (C=O) groups is 1. The molecule has 1 aromatic heterocycles. The van der Waals surface area contributed by atoms with Gasteiger partial charge in [-0.25, -0.2) is 18.6 Å². The van der Waals surface area contributed by atoms with Gasteiger partial charge in [0.15, 0.2) is 12.6 Å². The zero-order chi connectivity index (χ0) is 28.1. The standard InChI is InChI=1S/C27H25F3N2O6S/c1-4-36-26(34)22(27-37-14(2)38-27)23(39-13-15-5-8-17(35-3)9-6-15)21(18-10-7-16(28)11-19(18)29)24-31-12-20(30)25(33)32-24/h5-12,14,21,27H,4,13H2,1-3H3,(H,31,32,33)/b23-22+. The van der Waals surface area contributed by atoms with Gasteiger partial charge in [0, 0.05) is 22.3 Å². The monoisotopic (exact) mass is 562 g/mol. The molecule has 3 aromatic rings. The lowest BCUT2D eigenvalue weighted by atomic mass is 9.93. The van der Waals surface area contributed by atoms with Crippen molar-refractivity contribution >= 4 is 17.7 Å². The molecule has 39 heavy (non-hydrogen) atoms. The molecule has 2 aromatic carbocycles. The van der Waals surface area contributed by atoms with Crippen molar-refractivity contribution < 1.29 is 36.9 Å². The van der Waals surface area contributed by atoms with Crippen LogP contribution in [0.15, 0.2) is 63.9 Å². The highest BCUT2D eigenvalue weighted by Crippen LogP contribution is 2.44. The number of halogens is 3. The third-order valence-electron chi connectivity index (χ3n) is 5.76. The molecular weight excluding hydrogens is 537 g/mol. The van der Waals surface area contributed by atoms with Crippen molar-refractivity contribution in [1.82, 2.24) is 9.97 Å². The Labute approximate surface area is 226 Å². The van der Waals surface area contributed by atoms with E-state index in [1.807, 2.05) is 0 Å². The maximum absolute atomic E-state index is 15.3. The van der Waals surface area contributed by atoms with Gasteiger partial charge in [0.05, 0.1) is 25.8 Å². The molecule has 0 radical (unpaired) electrons. The zero-order valence-electron chi connectivity index (χ0n) is 21.2. The van der Waals surface area contributed by atoms with Crippen LogP contribution >= 0.6 is 11.8 Å². The van der Waals surface area contributed by atoms with Crippen LogP contribution in [0.1, 0.15) is 36.7 Å². The Morgan fingerprint density at radius 2 is 1.85 bits per heavy atom. The minimum atomic E-state index is -1.29. The number of methoxy groups -OCH3 is 1. The van der Waals surface area contributed by atoms with Gasteiger partial charge < -0.3 is 23.9 Å². The molecule has 2 heterocycles. The van der Waals surface area contributed by atoms with Crippen LogP contribution in [0, 0.1) is 17.5 Å². The number of hydrogen-bond acceptors (Lipinski definition) is 8. The Bertz CT molecular complexity index is 1420. The van der Waals surface area contributed by atoms with Crippen molar-refractivity contribution in [1.29, 1.82) is 0 Å². The first-order valence-corrected chi connectivity index (χ1v) is 12.9. The Morgan fingerprint density at radius 3 is 2.44 bits per heavy atom. The number of aromatic amines is 1. The van der Waals surface area contributed by atoms with E-state index in [0.29, 0.717) is 18.0 Å². The number of aromatic nitrogens is 2. The van der Waals surface area contributed by atoms with Crippen LogP contribution in [0.5, 0.6) is 5.75 Å². The van der Waals surface area contributed by atoms with Crippen LogP contribution in [0.25, 0.3) is 0 Å². The highest BCUT2D eigenvalue weighted by Gasteiger charge is 2.40. The lowest BCUT2D eigenvalue weighted by Gasteiger charge is -2.36. The smallest absolute Gasteiger partial charge is 0.340 e. The summed E-state index contributed by atoms with van der Waals surface area (Å²) in [5.41, 5.74) is -0.509. The lowest BCUT2D eigenvalue weighted by molar-refractivity contribution is -0.358. The SMILES string of the molecule is CCOC(=O)/C(=C(\SCc1ccc(OC)cc1)C(c1ncc(F)c(=O)[nH]1)c1ccc(F)cc1F)C1OC(C)O1. The molecule has 1 N–H and O–H groups in total. The predicted molar refractivity (Wildman–Crippen MR) is 136 cm³/mol. The van der Waals surface area contributed by atoms with E-state index in [2.05, 4.69) is 9.97 Å². The van der Waals surface area contributed by atoms with E-state index in [-0.39, 0.29) is 34.2 Å². The summed E-state index contributed by atoms with van der Waals surface area (Å²) in [5, 5.41) is 0. The molecule has 0 spiro atoms. The van der Waals surface area contributed by atoms with Crippen LogP contribution in [-0.2, 0) is 24.8 Å². The highest BCUT2D eigenvalue weighted by atomic mass is 32.2. The normalized spacial score (nSPS) is 18.1. The number of thioether (sulfide) groups is 1. The number of allylic oxidation sites excluding steroid dienone is 1. The highest BCUT2D eigenvalue weighted by molar-refractivity contribution is 8.02. The molecule has 1 aliphatic heterocycles. The minimum Gasteiger partial charge on any atom is -0.497 e. The van der Waals surface area contributed by atoms with Crippen LogP contribution in [-0.4, -0.2) is 42.2 Å². The number of hydrogen-bond donors (Lipinski definition) is 1. The van der Waals surface area contributed by atoms with Crippen LogP contribution in [0.2, 0.25) is 0 Å². The molecule has 1 fully saturated rings. The van der Waals surface area contributed by atoms with E-state index in [9.17, 15) is 18.4 Å². The largest absolute Gasteiger partial charge is 0.497 e. The molecule has 1 unspecified atom stereocenters. The van der Waals surface area contributed by atoms with E-state index in [1.165, 1.54) is 13.2 Å². The average molecular weight is 563 g/mol. The third kappa shape index (κ3) is 6.52. The summed E-state index contributed by atoms with van der Waals surface area (Å²) in [6, 6.07) is 9.97. The molecule has 206 valence electrons. The average Bonchev–Trinajstić information content (AvgIpc) is 2.89. The van der Waals surface area contributed by atoms with E-state index in [0.717, 1.165) is 23.4 Å². The summed E-state index contributed by atoms with van der Waals surface area (Å²) in [5.74, 6) is -4.34. The summed E-state index contributed by atoms with van der Waals surface area (Å²) >= 11 is 1.11. The van der Waals surface area contributed by atoms with E-state index in [4.69, 9.17) is 18.9 Å². The predicted octanol–water partition coefficient (Wildman–Crippen LogP) is 4.80. The van der Waals surface area contributed by atoms with Gasteiger partial charge in [0.1, 0.15) is 28.8 Å². The number of carbonyl (C=O) groups excluding carboxylic acids is 1. The van der Waals surface area contributed by atoms with Crippen molar-refractivity contribution in [3.05, 3.63) is 104 Å². The van der Waals surface area contributed by atoms with Crippen molar-refractivity contribution in [2.45, 2.75) is 38.1 Å². The summed E-state index contributed by atoms with van der Waals surface area (Å²) in [6.45, 7) is 3.25. The van der Waals surface area contributed by atoms with Gasteiger partial charge in [-0.3, -0.25) is 4.79 Å². The minimum absolute atomic E-state index is 0.0161. The number of nitrogens with one attached hydrogen (secondary N) is 1. The van der Waals surface area contributed by atoms with Crippen LogP contribution < -0.4 is 10.3 Å². The first kappa shape index (κ1) is 28.4. The van der Waals surface area contributed by atoms with Gasteiger partial charge in [0.2, 0.25) is 5.82 Å². The molecule has 1 saturated heterocycles. The van der Waals surface area contributed by atoms with Gasteiger partial charge in [0.25, 0.3) is 5.56 Å². The summed E-state index contributed by atoms with van der Waals surface area (Å²) in [7, 11) is 1.54. The van der Waals surface area contributed by atoms with Crippen molar-refractivity contribution in [3.8, 4) is 5.75 Å². The Kier molecular flexibility index (Phi) is 9.10. The summed E-state index contributed by atoms with van der Waals surface area (Å²) in [4.78, 5) is 32.0. The van der Waals surface area contributed by atoms with Gasteiger partial charge in [-0.05, 0) is 37.6 Å². The summed E-state index contributed by atoms with van der Waals surface area (Å²) in [6.07, 6.45) is -1.11. The number of esters is 1. The number of rotatable bonds is 10. The van der Waals surface area contributed by atoms with E-state index >= 15 is 4.39 Å². The second-order valence-corrected chi connectivity index (χ2v) is 9.37. The van der Waals surface area contributed by atoms with Crippen LogP contribution in [0.4, 0.5) is 13.2 Å². The molecular formula is C27H25F3N2O6S. The molecule has 4 rings (SSSR count). The summed E-state index contributed by atoms with van der Waals surface area (Å²) < 4.78 is 64.8. The van der Waals surface area contributed by atoms with E-state index < -0.39 is 47.5 Å². The maximum Gasteiger partial charge on any atom is 0.340 e. The van der Waals surface area contributed by atoms with Crippen molar-refractivity contribution in [3.63, 3.8) is 0 Å². The molecule has 12 heteroatoms. The quantitative estimate of drug-likeness (QED) is 0.278. The van der Waals surface area contributed by atoms with Crippen molar-refractivity contribution in [2.75, 3.05) is 13.7 Å². The fourth-order valence-electron chi connectivity index (χ4n) is 3.90. The molecule has 0 saturated carbocycles. The molecule has 8 nitrogen and oxygen atoms in total. The van der Waals surface area contributed by atoms with Crippen LogP contribution in [0.3, 0.4) is 0 Å². The number of nitrogens with zero attached hydrogens (tertiary/aromatic N) is 1. The van der Waals surface area contributed by atoms with Gasteiger partial charge in [-0.15, -0.1) is 11.8 Å². The maximum atomic E-state index is 15.3. The molecule has 0 aliphatic carbocycles. The molecule has 1 aliphatic rings. The second-order valence-electron chi connectivity index (χ2n) is 8.35. The third-order valence-corrected chi connectivity index (χ3v) is 7.01. The first-order chi connectivity index (χ1) is 18.7. The Balaban J connectivity index is 1.93. The Hall–Kier alpha value is -3.61. The lowest BCUT2D eigenvalue weighted by Crippen LogP contribution is -2.43. The number of benzene rings is 2. The fraction of sp³-hybridized carbons (Fsp3) is 0.296. The zero-order valence-corrected chi connectivity index (χ0v) is 22.0. The number of H-pyrrole nitrogens is 1. The Morgan fingerprint density at radius 1 is 1.13 bits per heavy atom. The van der Waals surface area contributed by atoms with Gasteiger partial charge in [-0.2, -0.15) is 4.39 Å². The topological polar surface area (TPSA) is 99.7 Å². The molecule has 1 atom stereocenters. The van der Waals surface area contributed by atoms with E-state index in [1.54, 1.807) is 38.1 Å². The van der Waals surface area contributed by atoms with Gasteiger partial charge >= 0.3 is 5.97 Å². The second kappa shape index (κ2) is 12.5. The number of ether oxygens (including phenoxy) is 4. The molecule has 0 amide bonds.